The molecule has 2 aromatic rings. The van der Waals surface area contributed by atoms with Gasteiger partial charge in [0, 0.05) is 49.4 Å². The van der Waals surface area contributed by atoms with Crippen LogP contribution in [0.4, 0.5) is 5.69 Å². The Hall–Kier alpha value is -2.53. The standard InChI is InChI=1S/C24H32N2O3/c1-5-24(27)26(20-9-6-18(2)7-10-20)21-12-14-25(15-13-21)17-19-8-11-22(28-3)16-23(19)29-4/h6-11,16,21H,5,12-15,17H2,1-4H3. The summed E-state index contributed by atoms with van der Waals surface area (Å²) in [7, 11) is 3.36. The van der Waals surface area contributed by atoms with E-state index < -0.39 is 0 Å². The molecule has 2 aromatic carbocycles. The van der Waals surface area contributed by atoms with Crippen molar-refractivity contribution in [3.05, 3.63) is 53.6 Å². The maximum Gasteiger partial charge on any atom is 0.226 e. The first-order chi connectivity index (χ1) is 14.0. The molecular formula is C24H32N2O3. The number of piperidine rings is 1. The summed E-state index contributed by atoms with van der Waals surface area (Å²) in [6.45, 7) is 6.76. The molecule has 1 saturated heterocycles. The molecule has 156 valence electrons. The van der Waals surface area contributed by atoms with Gasteiger partial charge >= 0.3 is 0 Å². The van der Waals surface area contributed by atoms with Crippen molar-refractivity contribution in [1.82, 2.24) is 4.90 Å². The number of likely N-dealkylation sites (tertiary alicyclic amines) is 1. The van der Waals surface area contributed by atoms with E-state index in [0.717, 1.165) is 55.2 Å². The van der Waals surface area contributed by atoms with Crippen molar-refractivity contribution < 1.29 is 14.3 Å². The van der Waals surface area contributed by atoms with E-state index in [4.69, 9.17) is 9.47 Å². The average Bonchev–Trinajstić information content (AvgIpc) is 2.76. The Morgan fingerprint density at radius 2 is 1.76 bits per heavy atom. The van der Waals surface area contributed by atoms with Gasteiger partial charge in [-0.05, 0) is 38.0 Å². The lowest BCUT2D eigenvalue weighted by Crippen LogP contribution is -2.47. The van der Waals surface area contributed by atoms with E-state index >= 15 is 0 Å². The van der Waals surface area contributed by atoms with Crippen LogP contribution in [0, 0.1) is 6.92 Å². The Morgan fingerprint density at radius 1 is 1.07 bits per heavy atom. The van der Waals surface area contributed by atoms with Crippen LogP contribution in [0.3, 0.4) is 0 Å². The van der Waals surface area contributed by atoms with Crippen molar-refractivity contribution in [2.45, 2.75) is 45.7 Å². The molecule has 1 aliphatic heterocycles. The predicted molar refractivity (Wildman–Crippen MR) is 117 cm³/mol. The zero-order valence-corrected chi connectivity index (χ0v) is 18.0. The molecule has 0 unspecified atom stereocenters. The Morgan fingerprint density at radius 3 is 2.34 bits per heavy atom. The summed E-state index contributed by atoms with van der Waals surface area (Å²) in [5, 5.41) is 0. The molecule has 1 amide bonds. The minimum Gasteiger partial charge on any atom is -0.497 e. The summed E-state index contributed by atoms with van der Waals surface area (Å²) >= 11 is 0. The topological polar surface area (TPSA) is 42.0 Å². The number of hydrogen-bond donors (Lipinski definition) is 0. The molecule has 5 heteroatoms. The fourth-order valence-electron chi connectivity index (χ4n) is 3.99. The first-order valence-electron chi connectivity index (χ1n) is 10.4. The molecule has 5 nitrogen and oxygen atoms in total. The van der Waals surface area contributed by atoms with Crippen LogP contribution < -0.4 is 14.4 Å². The van der Waals surface area contributed by atoms with Crippen molar-refractivity contribution in [2.24, 2.45) is 0 Å². The predicted octanol–water partition coefficient (Wildman–Crippen LogP) is 4.42. The van der Waals surface area contributed by atoms with Crippen LogP contribution in [0.25, 0.3) is 0 Å². The highest BCUT2D eigenvalue weighted by atomic mass is 16.5. The molecular weight excluding hydrogens is 364 g/mol. The lowest BCUT2D eigenvalue weighted by molar-refractivity contribution is -0.119. The maximum absolute atomic E-state index is 12.7. The molecule has 0 atom stereocenters. The van der Waals surface area contributed by atoms with Gasteiger partial charge in [0.2, 0.25) is 5.91 Å². The fourth-order valence-corrected chi connectivity index (χ4v) is 3.99. The molecule has 0 aliphatic carbocycles. The van der Waals surface area contributed by atoms with Crippen LogP contribution in [0.1, 0.15) is 37.3 Å². The van der Waals surface area contributed by atoms with Crippen LogP contribution in [-0.2, 0) is 11.3 Å². The Kier molecular flexibility index (Phi) is 7.15. The molecule has 0 N–H and O–H groups in total. The van der Waals surface area contributed by atoms with Crippen molar-refractivity contribution >= 4 is 11.6 Å². The lowest BCUT2D eigenvalue weighted by Gasteiger charge is -2.38. The van der Waals surface area contributed by atoms with E-state index in [2.05, 4.69) is 42.2 Å². The first-order valence-corrected chi connectivity index (χ1v) is 10.4. The Bertz CT molecular complexity index is 811. The zero-order chi connectivity index (χ0) is 20.8. The minimum absolute atomic E-state index is 0.198. The average molecular weight is 397 g/mol. The smallest absolute Gasteiger partial charge is 0.226 e. The SMILES string of the molecule is CCC(=O)N(c1ccc(C)cc1)C1CCN(Cc2ccc(OC)cc2OC)CC1. The monoisotopic (exact) mass is 396 g/mol. The number of anilines is 1. The third kappa shape index (κ3) is 5.10. The third-order valence-corrected chi connectivity index (χ3v) is 5.69. The van der Waals surface area contributed by atoms with E-state index in [1.165, 1.54) is 5.56 Å². The number of amides is 1. The van der Waals surface area contributed by atoms with E-state index in [1.807, 2.05) is 24.0 Å². The fraction of sp³-hybridized carbons (Fsp3) is 0.458. The van der Waals surface area contributed by atoms with Gasteiger partial charge in [0.15, 0.2) is 0 Å². The largest absolute Gasteiger partial charge is 0.497 e. The summed E-state index contributed by atoms with van der Waals surface area (Å²) in [5.74, 6) is 1.86. The molecule has 1 heterocycles. The minimum atomic E-state index is 0.198. The molecule has 0 radical (unpaired) electrons. The van der Waals surface area contributed by atoms with Crippen LogP contribution in [0.2, 0.25) is 0 Å². The molecule has 1 fully saturated rings. The molecule has 0 aromatic heterocycles. The van der Waals surface area contributed by atoms with Gasteiger partial charge in [-0.25, -0.2) is 0 Å². The van der Waals surface area contributed by atoms with Crippen LogP contribution >= 0.6 is 0 Å². The normalized spacial score (nSPS) is 15.2. The lowest BCUT2D eigenvalue weighted by atomic mass is 10.0. The number of ether oxygens (including phenoxy) is 2. The van der Waals surface area contributed by atoms with E-state index in [1.54, 1.807) is 14.2 Å². The summed E-state index contributed by atoms with van der Waals surface area (Å²) in [4.78, 5) is 17.2. The number of rotatable bonds is 7. The van der Waals surface area contributed by atoms with Gasteiger partial charge in [0.1, 0.15) is 11.5 Å². The van der Waals surface area contributed by atoms with Crippen molar-refractivity contribution in [2.75, 3.05) is 32.2 Å². The van der Waals surface area contributed by atoms with Crippen molar-refractivity contribution in [3.63, 3.8) is 0 Å². The van der Waals surface area contributed by atoms with Gasteiger partial charge < -0.3 is 14.4 Å². The molecule has 1 aliphatic rings. The number of aryl methyl sites for hydroxylation is 1. The quantitative estimate of drug-likeness (QED) is 0.695. The number of methoxy groups -OCH3 is 2. The number of hydrogen-bond acceptors (Lipinski definition) is 4. The Balaban J connectivity index is 1.67. The molecule has 0 spiro atoms. The first kappa shape index (κ1) is 21.2. The number of benzene rings is 2. The van der Waals surface area contributed by atoms with E-state index in [-0.39, 0.29) is 11.9 Å². The van der Waals surface area contributed by atoms with Crippen LogP contribution in [0.15, 0.2) is 42.5 Å². The van der Waals surface area contributed by atoms with Gasteiger partial charge in [-0.1, -0.05) is 30.7 Å². The number of carbonyl (C=O) groups excluding carboxylic acids is 1. The second kappa shape index (κ2) is 9.79. The van der Waals surface area contributed by atoms with Crippen molar-refractivity contribution in [1.29, 1.82) is 0 Å². The Labute approximate surface area is 174 Å². The molecule has 29 heavy (non-hydrogen) atoms. The summed E-state index contributed by atoms with van der Waals surface area (Å²) in [5.41, 5.74) is 3.38. The zero-order valence-electron chi connectivity index (χ0n) is 18.0. The molecule has 0 bridgehead atoms. The third-order valence-electron chi connectivity index (χ3n) is 5.69. The summed E-state index contributed by atoms with van der Waals surface area (Å²) in [6, 6.07) is 14.5. The van der Waals surface area contributed by atoms with E-state index in [9.17, 15) is 4.79 Å². The highest BCUT2D eigenvalue weighted by molar-refractivity contribution is 5.93. The van der Waals surface area contributed by atoms with E-state index in [0.29, 0.717) is 6.42 Å². The van der Waals surface area contributed by atoms with Crippen LogP contribution in [-0.4, -0.2) is 44.2 Å². The second-order valence-corrected chi connectivity index (χ2v) is 7.64. The van der Waals surface area contributed by atoms with Gasteiger partial charge in [0.25, 0.3) is 0 Å². The van der Waals surface area contributed by atoms with Gasteiger partial charge in [-0.2, -0.15) is 0 Å². The highest BCUT2D eigenvalue weighted by Gasteiger charge is 2.28. The van der Waals surface area contributed by atoms with Gasteiger partial charge in [-0.15, -0.1) is 0 Å². The van der Waals surface area contributed by atoms with Gasteiger partial charge in [0.05, 0.1) is 14.2 Å². The van der Waals surface area contributed by atoms with Crippen LogP contribution in [0.5, 0.6) is 11.5 Å². The summed E-state index contributed by atoms with van der Waals surface area (Å²) < 4.78 is 10.8. The molecule has 0 saturated carbocycles. The number of carbonyl (C=O) groups is 1. The number of nitrogens with zero attached hydrogens (tertiary/aromatic N) is 2. The summed E-state index contributed by atoms with van der Waals surface area (Å²) in [6.07, 6.45) is 2.47. The second-order valence-electron chi connectivity index (χ2n) is 7.64. The van der Waals surface area contributed by atoms with Crippen molar-refractivity contribution in [3.8, 4) is 11.5 Å². The highest BCUT2D eigenvalue weighted by Crippen LogP contribution is 2.29. The van der Waals surface area contributed by atoms with Gasteiger partial charge in [-0.3, -0.25) is 9.69 Å². The maximum atomic E-state index is 12.7. The molecule has 3 rings (SSSR count).